The zero-order valence-electron chi connectivity index (χ0n) is 12.4. The number of amides is 1. The van der Waals surface area contributed by atoms with E-state index in [1.807, 2.05) is 24.3 Å². The summed E-state index contributed by atoms with van der Waals surface area (Å²) < 4.78 is 5.65. The Bertz CT molecular complexity index is 656. The van der Waals surface area contributed by atoms with Crippen LogP contribution < -0.4 is 5.32 Å². The van der Waals surface area contributed by atoms with Crippen molar-refractivity contribution in [1.29, 1.82) is 0 Å². The molecule has 1 amide bonds. The number of hydrogen-bond acceptors (Lipinski definition) is 3. The third-order valence-corrected chi connectivity index (χ3v) is 3.54. The van der Waals surface area contributed by atoms with Crippen molar-refractivity contribution >= 4 is 22.8 Å². The maximum Gasteiger partial charge on any atom is 0.326 e. The monoisotopic (exact) mass is 301 g/mol. The predicted octanol–water partition coefficient (Wildman–Crippen LogP) is 3.07. The second-order valence-electron chi connectivity index (χ2n) is 5.17. The van der Waals surface area contributed by atoms with Gasteiger partial charge in [0.25, 0.3) is 0 Å². The highest BCUT2D eigenvalue weighted by Gasteiger charge is 2.25. The SMILES string of the molecule is C=CCCC(NC(=O)C(C)c1cc2ccccc2o1)C(=O)O. The molecule has 2 rings (SSSR count). The van der Waals surface area contributed by atoms with E-state index in [0.29, 0.717) is 24.2 Å². The molecule has 2 aromatic rings. The Labute approximate surface area is 128 Å². The zero-order valence-corrected chi connectivity index (χ0v) is 12.4. The van der Waals surface area contributed by atoms with E-state index in [0.717, 1.165) is 5.39 Å². The number of hydrogen-bond donors (Lipinski definition) is 2. The molecule has 2 unspecified atom stereocenters. The molecule has 2 atom stereocenters. The van der Waals surface area contributed by atoms with Gasteiger partial charge in [-0.15, -0.1) is 6.58 Å². The lowest BCUT2D eigenvalue weighted by Gasteiger charge is -2.16. The second kappa shape index (κ2) is 6.93. The largest absolute Gasteiger partial charge is 0.480 e. The number of fused-ring (bicyclic) bond motifs is 1. The molecule has 1 aromatic heterocycles. The van der Waals surface area contributed by atoms with Gasteiger partial charge < -0.3 is 14.8 Å². The molecule has 5 heteroatoms. The van der Waals surface area contributed by atoms with Crippen molar-refractivity contribution in [3.63, 3.8) is 0 Å². The number of nitrogens with one attached hydrogen (secondary N) is 1. The van der Waals surface area contributed by atoms with Crippen LogP contribution in [0.5, 0.6) is 0 Å². The molecule has 1 aromatic carbocycles. The number of carbonyl (C=O) groups excluding carboxylic acids is 1. The fraction of sp³-hybridized carbons (Fsp3) is 0.294. The van der Waals surface area contributed by atoms with Crippen molar-refractivity contribution in [2.75, 3.05) is 0 Å². The quantitative estimate of drug-likeness (QED) is 0.770. The van der Waals surface area contributed by atoms with Gasteiger partial charge in [-0.3, -0.25) is 4.79 Å². The summed E-state index contributed by atoms with van der Waals surface area (Å²) in [5.74, 6) is -1.45. The van der Waals surface area contributed by atoms with Crippen LogP contribution in [0.15, 0.2) is 47.4 Å². The first kappa shape index (κ1) is 15.8. The van der Waals surface area contributed by atoms with Crippen molar-refractivity contribution in [3.8, 4) is 0 Å². The van der Waals surface area contributed by atoms with Crippen molar-refractivity contribution in [2.45, 2.75) is 31.7 Å². The standard InChI is InChI=1S/C17H19NO4/c1-3-4-8-13(17(20)21)18-16(19)11(2)15-10-12-7-5-6-9-14(12)22-15/h3,5-7,9-11,13H,1,4,8H2,2H3,(H,18,19)(H,20,21). The lowest BCUT2D eigenvalue weighted by atomic mass is 10.1. The predicted molar refractivity (Wildman–Crippen MR) is 83.6 cm³/mol. The lowest BCUT2D eigenvalue weighted by molar-refractivity contribution is -0.142. The number of allylic oxidation sites excluding steroid dienone is 1. The summed E-state index contributed by atoms with van der Waals surface area (Å²) in [5, 5.41) is 12.6. The highest BCUT2D eigenvalue weighted by molar-refractivity contribution is 5.88. The van der Waals surface area contributed by atoms with Crippen LogP contribution >= 0.6 is 0 Å². The highest BCUT2D eigenvalue weighted by Crippen LogP contribution is 2.25. The minimum atomic E-state index is -1.05. The molecule has 0 fully saturated rings. The van der Waals surface area contributed by atoms with Crippen molar-refractivity contribution in [3.05, 3.63) is 48.7 Å². The number of carboxylic acid groups (broad SMARTS) is 1. The van der Waals surface area contributed by atoms with Crippen molar-refractivity contribution in [1.82, 2.24) is 5.32 Å². The molecular formula is C17H19NO4. The molecule has 2 N–H and O–H groups in total. The van der Waals surface area contributed by atoms with Crippen LogP contribution in [0.1, 0.15) is 31.4 Å². The zero-order chi connectivity index (χ0) is 16.1. The molecule has 0 aliphatic rings. The summed E-state index contributed by atoms with van der Waals surface area (Å²) in [6, 6.07) is 8.36. The lowest BCUT2D eigenvalue weighted by Crippen LogP contribution is -2.42. The van der Waals surface area contributed by atoms with E-state index in [1.54, 1.807) is 19.1 Å². The maximum absolute atomic E-state index is 12.2. The fourth-order valence-corrected chi connectivity index (χ4v) is 2.18. The molecule has 5 nitrogen and oxygen atoms in total. The summed E-state index contributed by atoms with van der Waals surface area (Å²) in [7, 11) is 0. The van der Waals surface area contributed by atoms with E-state index in [-0.39, 0.29) is 5.91 Å². The molecular weight excluding hydrogens is 282 g/mol. The Kier molecular flexibility index (Phi) is 4.99. The third-order valence-electron chi connectivity index (χ3n) is 3.54. The summed E-state index contributed by atoms with van der Waals surface area (Å²) >= 11 is 0. The molecule has 0 aliphatic carbocycles. The average Bonchev–Trinajstić information content (AvgIpc) is 2.94. The maximum atomic E-state index is 12.2. The van der Waals surface area contributed by atoms with Crippen LogP contribution in [0.25, 0.3) is 11.0 Å². The van der Waals surface area contributed by atoms with E-state index in [9.17, 15) is 9.59 Å². The molecule has 0 spiro atoms. The minimum absolute atomic E-state index is 0.317. The van der Waals surface area contributed by atoms with Crippen molar-refractivity contribution in [2.24, 2.45) is 0 Å². The minimum Gasteiger partial charge on any atom is -0.480 e. The van der Waals surface area contributed by atoms with Crippen LogP contribution in [-0.4, -0.2) is 23.0 Å². The Balaban J connectivity index is 2.10. The summed E-state index contributed by atoms with van der Waals surface area (Å²) in [5.41, 5.74) is 0.707. The number of aliphatic carboxylic acids is 1. The van der Waals surface area contributed by atoms with E-state index in [2.05, 4.69) is 11.9 Å². The first-order valence-electron chi connectivity index (χ1n) is 7.15. The van der Waals surface area contributed by atoms with E-state index in [4.69, 9.17) is 9.52 Å². The van der Waals surface area contributed by atoms with E-state index in [1.165, 1.54) is 0 Å². The van der Waals surface area contributed by atoms with Gasteiger partial charge in [0, 0.05) is 5.39 Å². The Morgan fingerprint density at radius 1 is 1.41 bits per heavy atom. The second-order valence-corrected chi connectivity index (χ2v) is 5.17. The Morgan fingerprint density at radius 3 is 2.77 bits per heavy atom. The van der Waals surface area contributed by atoms with Crippen molar-refractivity contribution < 1.29 is 19.1 Å². The number of para-hydroxylation sites is 1. The normalized spacial score (nSPS) is 13.5. The van der Waals surface area contributed by atoms with Crippen LogP contribution in [0.3, 0.4) is 0 Å². The van der Waals surface area contributed by atoms with Crippen LogP contribution in [0.4, 0.5) is 0 Å². The molecule has 116 valence electrons. The molecule has 0 bridgehead atoms. The number of carbonyl (C=O) groups is 2. The van der Waals surface area contributed by atoms with Gasteiger partial charge in [0.05, 0.1) is 5.92 Å². The van der Waals surface area contributed by atoms with Gasteiger partial charge >= 0.3 is 5.97 Å². The number of rotatable bonds is 7. The van der Waals surface area contributed by atoms with E-state index >= 15 is 0 Å². The van der Waals surface area contributed by atoms with Gasteiger partial charge in [0.15, 0.2) is 0 Å². The Hall–Kier alpha value is -2.56. The third kappa shape index (κ3) is 3.55. The van der Waals surface area contributed by atoms with Crippen LogP contribution in [-0.2, 0) is 9.59 Å². The molecule has 0 saturated carbocycles. The first-order chi connectivity index (χ1) is 10.5. The number of furan rings is 1. The summed E-state index contributed by atoms with van der Waals surface area (Å²) in [6.45, 7) is 5.25. The van der Waals surface area contributed by atoms with Gasteiger partial charge in [0.1, 0.15) is 17.4 Å². The van der Waals surface area contributed by atoms with Gasteiger partial charge in [-0.1, -0.05) is 24.3 Å². The van der Waals surface area contributed by atoms with Gasteiger partial charge in [-0.25, -0.2) is 4.79 Å². The number of benzene rings is 1. The van der Waals surface area contributed by atoms with Gasteiger partial charge in [-0.05, 0) is 31.9 Å². The van der Waals surface area contributed by atoms with E-state index < -0.39 is 17.9 Å². The fourth-order valence-electron chi connectivity index (χ4n) is 2.18. The molecule has 1 heterocycles. The van der Waals surface area contributed by atoms with Crippen LogP contribution in [0, 0.1) is 0 Å². The van der Waals surface area contributed by atoms with Crippen LogP contribution in [0.2, 0.25) is 0 Å². The Morgan fingerprint density at radius 2 is 2.14 bits per heavy atom. The summed E-state index contributed by atoms with van der Waals surface area (Å²) in [6.07, 6.45) is 2.47. The smallest absolute Gasteiger partial charge is 0.326 e. The molecule has 22 heavy (non-hydrogen) atoms. The highest BCUT2D eigenvalue weighted by atomic mass is 16.4. The summed E-state index contributed by atoms with van der Waals surface area (Å²) in [4.78, 5) is 23.4. The average molecular weight is 301 g/mol. The van der Waals surface area contributed by atoms with Gasteiger partial charge in [-0.2, -0.15) is 0 Å². The molecule has 0 aliphatic heterocycles. The first-order valence-corrected chi connectivity index (χ1v) is 7.15. The molecule has 0 radical (unpaired) electrons. The molecule has 0 saturated heterocycles. The topological polar surface area (TPSA) is 79.5 Å². The number of carboxylic acids is 1. The van der Waals surface area contributed by atoms with Gasteiger partial charge in [0.2, 0.25) is 5.91 Å².